The van der Waals surface area contributed by atoms with Gasteiger partial charge in [0.1, 0.15) is 5.82 Å². The van der Waals surface area contributed by atoms with Gasteiger partial charge < -0.3 is 10.3 Å². The van der Waals surface area contributed by atoms with Gasteiger partial charge in [-0.3, -0.25) is 0 Å². The molecule has 86 valence electrons. The molecule has 0 bridgehead atoms. The molecule has 0 aliphatic carbocycles. The molecule has 0 saturated heterocycles. The van der Waals surface area contributed by atoms with Crippen LogP contribution in [-0.2, 0) is 6.54 Å². The summed E-state index contributed by atoms with van der Waals surface area (Å²) in [5.41, 5.74) is 8.08. The molecule has 1 unspecified atom stereocenters. The average Bonchev–Trinajstić information content (AvgIpc) is 2.65. The van der Waals surface area contributed by atoms with Crippen LogP contribution in [0.5, 0.6) is 0 Å². The predicted octanol–water partition coefficient (Wildman–Crippen LogP) is 3.12. The molecule has 2 aromatic rings. The molecule has 3 nitrogen and oxygen atoms in total. The van der Waals surface area contributed by atoms with Gasteiger partial charge in [-0.05, 0) is 31.5 Å². The number of aromatic nitrogens is 2. The first-order chi connectivity index (χ1) is 7.67. The number of benzene rings is 1. The van der Waals surface area contributed by atoms with Crippen molar-refractivity contribution in [1.82, 2.24) is 9.55 Å². The smallest absolute Gasteiger partial charge is 0.126 e. The Morgan fingerprint density at radius 3 is 2.81 bits per heavy atom. The highest BCUT2D eigenvalue weighted by Gasteiger charge is 2.14. The van der Waals surface area contributed by atoms with Gasteiger partial charge in [-0.2, -0.15) is 0 Å². The average molecular weight is 238 g/mol. The zero-order chi connectivity index (χ0) is 11.7. The van der Waals surface area contributed by atoms with Crippen LogP contribution >= 0.6 is 11.6 Å². The number of nitrogens with two attached hydrogens (primary N) is 1. The molecule has 0 spiro atoms. The second-order valence-electron chi connectivity index (χ2n) is 3.86. The summed E-state index contributed by atoms with van der Waals surface area (Å²) in [5.74, 6) is 0.947. The zero-order valence-corrected chi connectivity index (χ0v) is 10.3. The van der Waals surface area contributed by atoms with Crippen LogP contribution in [0.3, 0.4) is 0 Å². The number of hydrogen-bond acceptors (Lipinski definition) is 2. The molecule has 0 amide bonds. The van der Waals surface area contributed by atoms with E-state index >= 15 is 0 Å². The molecule has 4 heteroatoms. The minimum absolute atomic E-state index is 0.00822. The summed E-state index contributed by atoms with van der Waals surface area (Å²) in [6, 6.07) is 5.73. The summed E-state index contributed by atoms with van der Waals surface area (Å²) >= 11 is 6.00. The van der Waals surface area contributed by atoms with E-state index in [2.05, 4.69) is 23.4 Å². The van der Waals surface area contributed by atoms with Crippen LogP contribution in [0, 0.1) is 0 Å². The van der Waals surface area contributed by atoms with Gasteiger partial charge in [0.15, 0.2) is 0 Å². The van der Waals surface area contributed by atoms with E-state index in [9.17, 15) is 0 Å². The molecule has 1 aromatic carbocycles. The first-order valence-corrected chi connectivity index (χ1v) is 5.96. The van der Waals surface area contributed by atoms with Gasteiger partial charge in [-0.25, -0.2) is 4.98 Å². The molecular weight excluding hydrogens is 222 g/mol. The molecule has 16 heavy (non-hydrogen) atoms. The summed E-state index contributed by atoms with van der Waals surface area (Å²) in [4.78, 5) is 4.57. The van der Waals surface area contributed by atoms with E-state index in [1.165, 1.54) is 0 Å². The highest BCUT2D eigenvalue weighted by atomic mass is 35.5. The maximum absolute atomic E-state index is 6.06. The Hall–Kier alpha value is -1.06. The maximum atomic E-state index is 6.06. The van der Waals surface area contributed by atoms with Crippen molar-refractivity contribution in [3.63, 3.8) is 0 Å². The molecule has 0 radical (unpaired) electrons. The Bertz CT molecular complexity index is 504. The SMILES string of the molecule is CCC(N)c1nc2ccc(Cl)cc2n1CC. The predicted molar refractivity (Wildman–Crippen MR) is 67.6 cm³/mol. The molecule has 2 rings (SSSR count). The molecule has 1 heterocycles. The third kappa shape index (κ3) is 1.81. The maximum Gasteiger partial charge on any atom is 0.126 e. The number of imidazole rings is 1. The van der Waals surface area contributed by atoms with Crippen LogP contribution in [0.25, 0.3) is 11.0 Å². The van der Waals surface area contributed by atoms with Crippen molar-refractivity contribution in [3.05, 3.63) is 29.0 Å². The normalized spacial score (nSPS) is 13.2. The summed E-state index contributed by atoms with van der Waals surface area (Å²) < 4.78 is 2.13. The lowest BCUT2D eigenvalue weighted by Gasteiger charge is -2.10. The minimum atomic E-state index is -0.00822. The third-order valence-corrected chi connectivity index (χ3v) is 3.06. The van der Waals surface area contributed by atoms with Crippen LogP contribution in [0.4, 0.5) is 0 Å². The van der Waals surface area contributed by atoms with E-state index in [0.717, 1.165) is 34.8 Å². The molecule has 0 aliphatic rings. The minimum Gasteiger partial charge on any atom is -0.327 e. The lowest BCUT2D eigenvalue weighted by Crippen LogP contribution is -2.15. The van der Waals surface area contributed by atoms with Gasteiger partial charge in [0.05, 0.1) is 17.1 Å². The Labute approximate surface area is 100 Å². The number of halogens is 1. The Morgan fingerprint density at radius 2 is 2.19 bits per heavy atom. The topological polar surface area (TPSA) is 43.8 Å². The van der Waals surface area contributed by atoms with E-state index in [1.807, 2.05) is 18.2 Å². The summed E-state index contributed by atoms with van der Waals surface area (Å²) in [6.45, 7) is 5.02. The molecule has 0 aliphatic heterocycles. The van der Waals surface area contributed by atoms with Crippen molar-refractivity contribution in [2.75, 3.05) is 0 Å². The Balaban J connectivity index is 2.66. The lowest BCUT2D eigenvalue weighted by atomic mass is 10.2. The second-order valence-corrected chi connectivity index (χ2v) is 4.30. The number of aryl methyl sites for hydroxylation is 1. The largest absolute Gasteiger partial charge is 0.327 e. The van der Waals surface area contributed by atoms with E-state index in [0.29, 0.717) is 0 Å². The summed E-state index contributed by atoms with van der Waals surface area (Å²) in [7, 11) is 0. The van der Waals surface area contributed by atoms with E-state index < -0.39 is 0 Å². The van der Waals surface area contributed by atoms with Crippen LogP contribution in [0.1, 0.15) is 32.1 Å². The van der Waals surface area contributed by atoms with Crippen molar-refractivity contribution < 1.29 is 0 Å². The third-order valence-electron chi connectivity index (χ3n) is 2.83. The van der Waals surface area contributed by atoms with Crippen LogP contribution in [0.15, 0.2) is 18.2 Å². The van der Waals surface area contributed by atoms with Gasteiger partial charge in [0.25, 0.3) is 0 Å². The highest BCUT2D eigenvalue weighted by molar-refractivity contribution is 6.31. The molecule has 1 aromatic heterocycles. The van der Waals surface area contributed by atoms with Crippen molar-refractivity contribution >= 4 is 22.6 Å². The van der Waals surface area contributed by atoms with Crippen LogP contribution < -0.4 is 5.73 Å². The standard InChI is InChI=1S/C12H16ClN3/c1-3-9(14)12-15-10-6-5-8(13)7-11(10)16(12)4-2/h5-7,9H,3-4,14H2,1-2H3. The quantitative estimate of drug-likeness (QED) is 0.892. The number of hydrogen-bond donors (Lipinski definition) is 1. The first-order valence-electron chi connectivity index (χ1n) is 5.58. The fourth-order valence-corrected chi connectivity index (χ4v) is 2.08. The van der Waals surface area contributed by atoms with Crippen LogP contribution in [0.2, 0.25) is 5.02 Å². The van der Waals surface area contributed by atoms with Gasteiger partial charge in [0.2, 0.25) is 0 Å². The zero-order valence-electron chi connectivity index (χ0n) is 9.57. The summed E-state index contributed by atoms with van der Waals surface area (Å²) in [5, 5.41) is 0.735. The first kappa shape index (κ1) is 11.4. The monoisotopic (exact) mass is 237 g/mol. The number of nitrogens with zero attached hydrogens (tertiary/aromatic N) is 2. The molecular formula is C12H16ClN3. The van der Waals surface area contributed by atoms with Crippen LogP contribution in [-0.4, -0.2) is 9.55 Å². The van der Waals surface area contributed by atoms with Gasteiger partial charge in [0, 0.05) is 11.6 Å². The number of rotatable bonds is 3. The van der Waals surface area contributed by atoms with Gasteiger partial charge >= 0.3 is 0 Å². The Kier molecular flexibility index (Phi) is 3.17. The molecule has 1 atom stereocenters. The molecule has 0 fully saturated rings. The second kappa shape index (κ2) is 4.44. The fraction of sp³-hybridized carbons (Fsp3) is 0.417. The van der Waals surface area contributed by atoms with Gasteiger partial charge in [-0.15, -0.1) is 0 Å². The summed E-state index contributed by atoms with van der Waals surface area (Å²) in [6.07, 6.45) is 0.886. The van der Waals surface area contributed by atoms with Crippen molar-refractivity contribution in [2.45, 2.75) is 32.9 Å². The fourth-order valence-electron chi connectivity index (χ4n) is 1.91. The Morgan fingerprint density at radius 1 is 1.44 bits per heavy atom. The number of fused-ring (bicyclic) bond motifs is 1. The highest BCUT2D eigenvalue weighted by Crippen LogP contribution is 2.24. The van der Waals surface area contributed by atoms with Crippen molar-refractivity contribution in [1.29, 1.82) is 0 Å². The van der Waals surface area contributed by atoms with Crippen molar-refractivity contribution in [3.8, 4) is 0 Å². The van der Waals surface area contributed by atoms with E-state index in [4.69, 9.17) is 17.3 Å². The lowest BCUT2D eigenvalue weighted by molar-refractivity contribution is 0.597. The molecule has 2 N–H and O–H groups in total. The van der Waals surface area contributed by atoms with E-state index in [-0.39, 0.29) is 6.04 Å². The molecule has 0 saturated carbocycles. The van der Waals surface area contributed by atoms with Crippen molar-refractivity contribution in [2.24, 2.45) is 5.73 Å². The van der Waals surface area contributed by atoms with Gasteiger partial charge in [-0.1, -0.05) is 18.5 Å². The van der Waals surface area contributed by atoms with E-state index in [1.54, 1.807) is 0 Å².